The molecule has 0 bridgehead atoms. The Morgan fingerprint density at radius 1 is 1.61 bits per heavy atom. The molecule has 5 heteroatoms. The minimum absolute atomic E-state index is 0.0766. The second-order valence-electron chi connectivity index (χ2n) is 4.18. The zero-order valence-electron chi connectivity index (χ0n) is 10.7. The minimum Gasteiger partial charge on any atom is -0.489 e. The van der Waals surface area contributed by atoms with Gasteiger partial charge in [0.25, 0.3) is 0 Å². The van der Waals surface area contributed by atoms with Gasteiger partial charge in [0.1, 0.15) is 5.82 Å². The van der Waals surface area contributed by atoms with Gasteiger partial charge in [-0.3, -0.25) is 0 Å². The quantitative estimate of drug-likeness (QED) is 0.595. The standard InChI is InChI=1S/C13H18N2O3/c1-4-5-6-7-18-10-8-14-12(9(2)3)15-11(10)13(16)17/h4,8-9H,1,5-7H2,2-3H3,(H,16,17). The lowest BCUT2D eigenvalue weighted by atomic mass is 10.2. The van der Waals surface area contributed by atoms with Gasteiger partial charge in [-0.25, -0.2) is 14.8 Å². The molecule has 0 fully saturated rings. The third kappa shape index (κ3) is 3.84. The number of carboxylic acids is 1. The van der Waals surface area contributed by atoms with Crippen LogP contribution in [0.4, 0.5) is 0 Å². The molecule has 0 aliphatic rings. The van der Waals surface area contributed by atoms with Crippen LogP contribution in [0.15, 0.2) is 18.9 Å². The summed E-state index contributed by atoms with van der Waals surface area (Å²) in [5, 5.41) is 9.09. The van der Waals surface area contributed by atoms with Gasteiger partial charge in [0, 0.05) is 5.92 Å². The highest BCUT2D eigenvalue weighted by atomic mass is 16.5. The van der Waals surface area contributed by atoms with Crippen LogP contribution in [0, 0.1) is 0 Å². The van der Waals surface area contributed by atoms with Crippen molar-refractivity contribution in [3.8, 4) is 5.75 Å². The maximum absolute atomic E-state index is 11.1. The van der Waals surface area contributed by atoms with Gasteiger partial charge in [0.2, 0.25) is 0 Å². The SMILES string of the molecule is C=CCCCOc1cnc(C(C)C)nc1C(=O)O. The fraction of sp³-hybridized carbons (Fsp3) is 0.462. The van der Waals surface area contributed by atoms with Gasteiger partial charge in [0.05, 0.1) is 12.8 Å². The molecule has 0 saturated heterocycles. The first kappa shape index (κ1) is 14.2. The Morgan fingerprint density at radius 2 is 2.33 bits per heavy atom. The number of nitrogens with zero attached hydrogens (tertiary/aromatic N) is 2. The van der Waals surface area contributed by atoms with E-state index in [1.165, 1.54) is 6.20 Å². The Balaban J connectivity index is 2.83. The maximum atomic E-state index is 11.1. The Hall–Kier alpha value is -1.91. The summed E-state index contributed by atoms with van der Waals surface area (Å²) in [6, 6.07) is 0. The predicted octanol–water partition coefficient (Wildman–Crippen LogP) is 2.64. The van der Waals surface area contributed by atoms with Crippen LogP contribution in [0.25, 0.3) is 0 Å². The molecular weight excluding hydrogens is 232 g/mol. The van der Waals surface area contributed by atoms with Crippen molar-refractivity contribution in [3.63, 3.8) is 0 Å². The molecule has 0 aromatic carbocycles. The zero-order valence-corrected chi connectivity index (χ0v) is 10.7. The first-order valence-electron chi connectivity index (χ1n) is 5.90. The van der Waals surface area contributed by atoms with Gasteiger partial charge in [-0.15, -0.1) is 6.58 Å². The van der Waals surface area contributed by atoms with E-state index in [0.29, 0.717) is 12.4 Å². The second-order valence-corrected chi connectivity index (χ2v) is 4.18. The van der Waals surface area contributed by atoms with E-state index in [1.54, 1.807) is 6.08 Å². The molecule has 1 aromatic rings. The first-order chi connectivity index (χ1) is 8.56. The predicted molar refractivity (Wildman–Crippen MR) is 68.0 cm³/mol. The van der Waals surface area contributed by atoms with E-state index in [4.69, 9.17) is 9.84 Å². The number of aromatic nitrogens is 2. The second kappa shape index (κ2) is 6.74. The number of carbonyl (C=O) groups is 1. The van der Waals surface area contributed by atoms with E-state index in [-0.39, 0.29) is 17.4 Å². The Kier molecular flexibility index (Phi) is 5.30. The van der Waals surface area contributed by atoms with E-state index in [1.807, 2.05) is 13.8 Å². The van der Waals surface area contributed by atoms with Crippen molar-refractivity contribution >= 4 is 5.97 Å². The molecule has 0 amide bonds. The first-order valence-corrected chi connectivity index (χ1v) is 5.90. The van der Waals surface area contributed by atoms with Crippen molar-refractivity contribution in [2.24, 2.45) is 0 Å². The summed E-state index contributed by atoms with van der Waals surface area (Å²) in [5.41, 5.74) is -0.0766. The molecule has 0 saturated carbocycles. The molecule has 1 N–H and O–H groups in total. The lowest BCUT2D eigenvalue weighted by Gasteiger charge is -2.10. The maximum Gasteiger partial charge on any atom is 0.358 e. The molecule has 1 rings (SSSR count). The van der Waals surface area contributed by atoms with Crippen LogP contribution in [0.3, 0.4) is 0 Å². The minimum atomic E-state index is -1.10. The molecule has 0 radical (unpaired) electrons. The highest BCUT2D eigenvalue weighted by molar-refractivity contribution is 5.88. The average Bonchev–Trinajstić information content (AvgIpc) is 2.34. The van der Waals surface area contributed by atoms with Crippen LogP contribution in [-0.2, 0) is 0 Å². The van der Waals surface area contributed by atoms with Crippen LogP contribution >= 0.6 is 0 Å². The summed E-state index contributed by atoms with van der Waals surface area (Å²) >= 11 is 0. The summed E-state index contributed by atoms with van der Waals surface area (Å²) in [6.07, 6.45) is 4.83. The molecule has 0 atom stereocenters. The van der Waals surface area contributed by atoms with Crippen molar-refractivity contribution in [2.45, 2.75) is 32.6 Å². The van der Waals surface area contributed by atoms with E-state index in [9.17, 15) is 4.79 Å². The van der Waals surface area contributed by atoms with Gasteiger partial charge in [-0.05, 0) is 12.8 Å². The number of carboxylic acid groups (broad SMARTS) is 1. The van der Waals surface area contributed by atoms with Crippen molar-refractivity contribution < 1.29 is 14.6 Å². The molecule has 98 valence electrons. The van der Waals surface area contributed by atoms with Crippen LogP contribution in [0.2, 0.25) is 0 Å². The molecule has 5 nitrogen and oxygen atoms in total. The van der Waals surface area contributed by atoms with Crippen LogP contribution in [0.1, 0.15) is 48.9 Å². The normalized spacial score (nSPS) is 10.4. The third-order valence-corrected chi connectivity index (χ3v) is 2.30. The summed E-state index contributed by atoms with van der Waals surface area (Å²) in [7, 11) is 0. The number of allylic oxidation sites excluding steroid dienone is 1. The monoisotopic (exact) mass is 250 g/mol. The van der Waals surface area contributed by atoms with Gasteiger partial charge < -0.3 is 9.84 Å². The molecule has 18 heavy (non-hydrogen) atoms. The van der Waals surface area contributed by atoms with Crippen LogP contribution in [-0.4, -0.2) is 27.7 Å². The number of unbranched alkanes of at least 4 members (excludes halogenated alkanes) is 1. The molecule has 1 aromatic heterocycles. The summed E-state index contributed by atoms with van der Waals surface area (Å²) in [4.78, 5) is 19.2. The molecule has 0 aliphatic carbocycles. The van der Waals surface area contributed by atoms with Crippen LogP contribution < -0.4 is 4.74 Å². The number of aromatic carboxylic acids is 1. The van der Waals surface area contributed by atoms with Gasteiger partial charge in [-0.1, -0.05) is 19.9 Å². The zero-order chi connectivity index (χ0) is 13.5. The highest BCUT2D eigenvalue weighted by Crippen LogP contribution is 2.18. The lowest BCUT2D eigenvalue weighted by molar-refractivity contribution is 0.0684. The van der Waals surface area contributed by atoms with Gasteiger partial charge in [0.15, 0.2) is 11.4 Å². The van der Waals surface area contributed by atoms with Gasteiger partial charge >= 0.3 is 5.97 Å². The van der Waals surface area contributed by atoms with E-state index >= 15 is 0 Å². The van der Waals surface area contributed by atoms with Gasteiger partial charge in [-0.2, -0.15) is 0 Å². The van der Waals surface area contributed by atoms with Crippen LogP contribution in [0.5, 0.6) is 5.75 Å². The molecular formula is C13H18N2O3. The fourth-order valence-corrected chi connectivity index (χ4v) is 1.33. The van der Waals surface area contributed by atoms with E-state index in [2.05, 4.69) is 16.5 Å². The van der Waals surface area contributed by atoms with E-state index in [0.717, 1.165) is 12.8 Å². The van der Waals surface area contributed by atoms with Crippen molar-refractivity contribution in [2.75, 3.05) is 6.61 Å². The number of rotatable bonds is 7. The van der Waals surface area contributed by atoms with Crippen molar-refractivity contribution in [1.29, 1.82) is 0 Å². The fourth-order valence-electron chi connectivity index (χ4n) is 1.33. The lowest BCUT2D eigenvalue weighted by Crippen LogP contribution is -2.10. The Labute approximate surface area is 107 Å². The topological polar surface area (TPSA) is 72.3 Å². The summed E-state index contributed by atoms with van der Waals surface area (Å²) in [5.74, 6) is -0.294. The Morgan fingerprint density at radius 3 is 2.89 bits per heavy atom. The smallest absolute Gasteiger partial charge is 0.358 e. The average molecular weight is 250 g/mol. The molecule has 0 aliphatic heterocycles. The highest BCUT2D eigenvalue weighted by Gasteiger charge is 2.16. The number of ether oxygens (including phenoxy) is 1. The van der Waals surface area contributed by atoms with Crippen molar-refractivity contribution in [3.05, 3.63) is 30.4 Å². The molecule has 0 unspecified atom stereocenters. The van der Waals surface area contributed by atoms with E-state index < -0.39 is 5.97 Å². The van der Waals surface area contributed by atoms with Crippen molar-refractivity contribution in [1.82, 2.24) is 9.97 Å². The Bertz CT molecular complexity index is 430. The number of hydrogen-bond donors (Lipinski definition) is 1. The summed E-state index contributed by atoms with van der Waals surface area (Å²) in [6.45, 7) is 7.85. The third-order valence-electron chi connectivity index (χ3n) is 2.30. The molecule has 0 spiro atoms. The molecule has 1 heterocycles. The number of hydrogen-bond acceptors (Lipinski definition) is 4. The summed E-state index contributed by atoms with van der Waals surface area (Å²) < 4.78 is 5.38. The largest absolute Gasteiger partial charge is 0.489 e.